The number of hydrogen-bond donors (Lipinski definition) is 2. The van der Waals surface area contributed by atoms with Crippen LogP contribution in [-0.2, 0) is 6.54 Å². The van der Waals surface area contributed by atoms with Crippen LogP contribution in [0.1, 0.15) is 16.1 Å². The Morgan fingerprint density at radius 1 is 1.42 bits per heavy atom. The molecule has 0 saturated carbocycles. The predicted octanol–water partition coefficient (Wildman–Crippen LogP) is 2.70. The fraction of sp³-hybridized carbons (Fsp3) is 0.250. The van der Waals surface area contributed by atoms with Crippen LogP contribution in [0.25, 0.3) is 0 Å². The highest BCUT2D eigenvalue weighted by Gasteiger charge is 2.02. The number of nitrogens with one attached hydrogen (secondary N) is 1. The van der Waals surface area contributed by atoms with Crippen molar-refractivity contribution in [1.82, 2.24) is 9.59 Å². The van der Waals surface area contributed by atoms with Gasteiger partial charge in [-0.1, -0.05) is 16.6 Å². The SMILES string of the molecule is Cc1cccc(NC(N)=NCc2snnc2C)c1.I. The molecule has 5 nitrogen and oxygen atoms in total. The van der Waals surface area contributed by atoms with Crippen molar-refractivity contribution >= 4 is 47.2 Å². The first-order valence-corrected chi connectivity index (χ1v) is 6.34. The van der Waals surface area contributed by atoms with Gasteiger partial charge in [-0.2, -0.15) is 0 Å². The van der Waals surface area contributed by atoms with Gasteiger partial charge in [0.2, 0.25) is 0 Å². The highest BCUT2D eigenvalue weighted by molar-refractivity contribution is 14.0. The van der Waals surface area contributed by atoms with Gasteiger partial charge in [-0.3, -0.25) is 0 Å². The quantitative estimate of drug-likeness (QED) is 0.481. The number of halogens is 1. The monoisotopic (exact) mass is 389 g/mol. The van der Waals surface area contributed by atoms with Gasteiger partial charge in [0, 0.05) is 5.69 Å². The van der Waals surface area contributed by atoms with E-state index in [1.165, 1.54) is 17.1 Å². The molecule has 0 bridgehead atoms. The molecule has 0 aliphatic carbocycles. The van der Waals surface area contributed by atoms with Gasteiger partial charge in [0.25, 0.3) is 0 Å². The molecule has 0 amide bonds. The molecular weight excluding hydrogens is 373 g/mol. The number of aromatic nitrogens is 2. The number of hydrogen-bond acceptors (Lipinski definition) is 4. The molecule has 102 valence electrons. The summed E-state index contributed by atoms with van der Waals surface area (Å²) in [5.41, 5.74) is 8.85. The molecule has 0 aliphatic heterocycles. The fourth-order valence-corrected chi connectivity index (χ4v) is 2.02. The Balaban J connectivity index is 0.00000180. The van der Waals surface area contributed by atoms with Crippen molar-refractivity contribution in [2.45, 2.75) is 20.4 Å². The lowest BCUT2D eigenvalue weighted by atomic mass is 10.2. The number of nitrogens with zero attached hydrogens (tertiary/aromatic N) is 3. The van der Waals surface area contributed by atoms with Crippen LogP contribution in [0.4, 0.5) is 5.69 Å². The zero-order valence-electron chi connectivity index (χ0n) is 10.8. The van der Waals surface area contributed by atoms with Crippen LogP contribution in [0.15, 0.2) is 29.3 Å². The van der Waals surface area contributed by atoms with Crippen molar-refractivity contribution in [3.05, 3.63) is 40.4 Å². The smallest absolute Gasteiger partial charge is 0.193 e. The molecule has 1 heterocycles. The Bertz CT molecular complexity index is 567. The molecule has 2 rings (SSSR count). The summed E-state index contributed by atoms with van der Waals surface area (Å²) in [4.78, 5) is 5.30. The summed E-state index contributed by atoms with van der Waals surface area (Å²) in [5.74, 6) is 0.397. The van der Waals surface area contributed by atoms with Gasteiger partial charge in [0.15, 0.2) is 5.96 Å². The molecule has 0 saturated heterocycles. The molecule has 1 aromatic carbocycles. The summed E-state index contributed by atoms with van der Waals surface area (Å²) in [7, 11) is 0. The number of aliphatic imine (C=N–C) groups is 1. The molecule has 0 atom stereocenters. The van der Waals surface area contributed by atoms with Crippen LogP contribution in [0.2, 0.25) is 0 Å². The highest BCUT2D eigenvalue weighted by Crippen LogP contribution is 2.11. The number of anilines is 1. The van der Waals surface area contributed by atoms with E-state index in [0.29, 0.717) is 12.5 Å². The molecule has 1 aromatic heterocycles. The topological polar surface area (TPSA) is 76.2 Å². The Morgan fingerprint density at radius 2 is 2.21 bits per heavy atom. The summed E-state index contributed by atoms with van der Waals surface area (Å²) in [6, 6.07) is 7.98. The third-order valence-electron chi connectivity index (χ3n) is 2.43. The van der Waals surface area contributed by atoms with Crippen LogP contribution in [0, 0.1) is 13.8 Å². The number of rotatable bonds is 3. The minimum Gasteiger partial charge on any atom is -0.370 e. The summed E-state index contributed by atoms with van der Waals surface area (Å²) >= 11 is 1.35. The molecule has 0 spiro atoms. The van der Waals surface area contributed by atoms with E-state index >= 15 is 0 Å². The second kappa shape index (κ2) is 7.39. The van der Waals surface area contributed by atoms with E-state index in [9.17, 15) is 0 Å². The largest absolute Gasteiger partial charge is 0.370 e. The molecule has 0 radical (unpaired) electrons. The van der Waals surface area contributed by atoms with Crippen LogP contribution >= 0.6 is 35.5 Å². The molecule has 0 aliphatic rings. The third kappa shape index (κ3) is 4.75. The van der Waals surface area contributed by atoms with Crippen molar-refractivity contribution in [3.8, 4) is 0 Å². The first-order chi connectivity index (χ1) is 8.65. The minimum atomic E-state index is 0. The standard InChI is InChI=1S/C12H15N5S.HI/c1-8-4-3-5-10(6-8)15-12(13)14-7-11-9(2)16-17-18-11;/h3-6H,7H2,1-2H3,(H3,13,14,15);1H. The Hall–Kier alpha value is -1.22. The van der Waals surface area contributed by atoms with Crippen molar-refractivity contribution in [2.75, 3.05) is 5.32 Å². The number of aryl methyl sites for hydroxylation is 2. The Kier molecular flexibility index (Phi) is 6.16. The maximum Gasteiger partial charge on any atom is 0.193 e. The Labute approximate surface area is 133 Å². The van der Waals surface area contributed by atoms with Crippen LogP contribution < -0.4 is 11.1 Å². The third-order valence-corrected chi connectivity index (χ3v) is 3.24. The van der Waals surface area contributed by atoms with Crippen LogP contribution in [0.3, 0.4) is 0 Å². The van der Waals surface area contributed by atoms with Gasteiger partial charge in [-0.15, -0.1) is 29.1 Å². The van der Waals surface area contributed by atoms with Crippen LogP contribution in [0.5, 0.6) is 0 Å². The lowest BCUT2D eigenvalue weighted by Crippen LogP contribution is -2.22. The normalized spacial score (nSPS) is 10.9. The lowest BCUT2D eigenvalue weighted by Gasteiger charge is -2.05. The summed E-state index contributed by atoms with van der Waals surface area (Å²) < 4.78 is 3.86. The molecule has 3 N–H and O–H groups in total. The van der Waals surface area contributed by atoms with E-state index in [1.54, 1.807) is 0 Å². The van der Waals surface area contributed by atoms with Crippen molar-refractivity contribution in [2.24, 2.45) is 10.7 Å². The maximum absolute atomic E-state index is 5.83. The number of nitrogens with two attached hydrogens (primary N) is 1. The fourth-order valence-electron chi connectivity index (χ4n) is 1.46. The lowest BCUT2D eigenvalue weighted by molar-refractivity contribution is 1.02. The summed E-state index contributed by atoms with van der Waals surface area (Å²) in [5, 5.41) is 6.98. The van der Waals surface area contributed by atoms with Crippen molar-refractivity contribution in [3.63, 3.8) is 0 Å². The first-order valence-electron chi connectivity index (χ1n) is 5.56. The van der Waals surface area contributed by atoms with E-state index in [1.807, 2.05) is 38.1 Å². The van der Waals surface area contributed by atoms with E-state index < -0.39 is 0 Å². The molecular formula is C12H16IN5S. The summed E-state index contributed by atoms with van der Waals surface area (Å²) in [6.45, 7) is 4.46. The van der Waals surface area contributed by atoms with Gasteiger partial charge < -0.3 is 11.1 Å². The van der Waals surface area contributed by atoms with E-state index in [-0.39, 0.29) is 24.0 Å². The second-order valence-corrected chi connectivity index (χ2v) is 4.82. The van der Waals surface area contributed by atoms with Gasteiger partial charge >= 0.3 is 0 Å². The molecule has 0 fully saturated rings. The number of benzene rings is 1. The van der Waals surface area contributed by atoms with Crippen LogP contribution in [-0.4, -0.2) is 15.5 Å². The van der Waals surface area contributed by atoms with E-state index in [2.05, 4.69) is 19.9 Å². The second-order valence-electron chi connectivity index (χ2n) is 3.98. The van der Waals surface area contributed by atoms with Gasteiger partial charge in [-0.25, -0.2) is 4.99 Å². The van der Waals surface area contributed by atoms with Gasteiger partial charge in [0.1, 0.15) is 0 Å². The molecule has 7 heteroatoms. The van der Waals surface area contributed by atoms with Gasteiger partial charge in [0.05, 0.1) is 17.1 Å². The van der Waals surface area contributed by atoms with E-state index in [0.717, 1.165) is 16.3 Å². The summed E-state index contributed by atoms with van der Waals surface area (Å²) in [6.07, 6.45) is 0. The van der Waals surface area contributed by atoms with Gasteiger partial charge in [-0.05, 0) is 43.1 Å². The maximum atomic E-state index is 5.83. The zero-order chi connectivity index (χ0) is 13.0. The van der Waals surface area contributed by atoms with Crippen molar-refractivity contribution in [1.29, 1.82) is 0 Å². The van der Waals surface area contributed by atoms with E-state index in [4.69, 9.17) is 5.73 Å². The molecule has 2 aromatic rings. The molecule has 19 heavy (non-hydrogen) atoms. The minimum absolute atomic E-state index is 0. The zero-order valence-corrected chi connectivity index (χ0v) is 13.9. The number of guanidine groups is 1. The average molecular weight is 389 g/mol. The highest BCUT2D eigenvalue weighted by atomic mass is 127. The molecule has 0 unspecified atom stereocenters. The Morgan fingerprint density at radius 3 is 2.84 bits per heavy atom. The first kappa shape index (κ1) is 15.8. The van der Waals surface area contributed by atoms with Crippen molar-refractivity contribution < 1.29 is 0 Å². The predicted molar refractivity (Wildman–Crippen MR) is 90.2 cm³/mol. The average Bonchev–Trinajstić information content (AvgIpc) is 2.72.